The molecule has 0 spiro atoms. The van der Waals surface area contributed by atoms with E-state index in [2.05, 4.69) is 30.5 Å². The molecule has 178 valence electrons. The van der Waals surface area contributed by atoms with E-state index in [0.29, 0.717) is 42.3 Å². The number of aromatic amines is 1. The largest absolute Gasteiger partial charge is 0.386 e. The maximum absolute atomic E-state index is 13.0. The number of fused-ring (bicyclic) bond motifs is 1. The number of benzene rings is 3. The average Bonchev–Trinajstić information content (AvgIpc) is 3.34. The number of amides is 1. The lowest BCUT2D eigenvalue weighted by Gasteiger charge is -2.16. The van der Waals surface area contributed by atoms with Gasteiger partial charge in [-0.15, -0.1) is 11.6 Å². The number of nitrogens with two attached hydrogens (primary N) is 1. The molecule has 0 fully saturated rings. The number of alkyl halides is 1. The lowest BCUT2D eigenvalue weighted by atomic mass is 10.1. The van der Waals surface area contributed by atoms with E-state index in [1.54, 1.807) is 24.3 Å². The molecule has 4 rings (SSSR count). The van der Waals surface area contributed by atoms with Crippen molar-refractivity contribution in [3.8, 4) is 0 Å². The highest BCUT2D eigenvalue weighted by Crippen LogP contribution is 2.22. The molecule has 4 N–H and O–H groups in total. The van der Waals surface area contributed by atoms with Crippen LogP contribution in [0.3, 0.4) is 0 Å². The van der Waals surface area contributed by atoms with Crippen LogP contribution in [0, 0.1) is 0 Å². The highest BCUT2D eigenvalue weighted by atomic mass is 35.5. The van der Waals surface area contributed by atoms with Crippen LogP contribution in [0.2, 0.25) is 0 Å². The summed E-state index contributed by atoms with van der Waals surface area (Å²) in [4.78, 5) is 25.3. The van der Waals surface area contributed by atoms with E-state index in [-0.39, 0.29) is 17.8 Å². The van der Waals surface area contributed by atoms with E-state index in [4.69, 9.17) is 17.3 Å². The van der Waals surface area contributed by atoms with E-state index >= 15 is 0 Å². The molecule has 35 heavy (non-hydrogen) atoms. The molecular weight excluding hydrogens is 462 g/mol. The van der Waals surface area contributed by atoms with Crippen molar-refractivity contribution in [2.75, 3.05) is 12.4 Å². The summed E-state index contributed by atoms with van der Waals surface area (Å²) < 4.78 is 0. The summed E-state index contributed by atoms with van der Waals surface area (Å²) in [6, 6.07) is 23.9. The lowest BCUT2D eigenvalue weighted by molar-refractivity contribution is 0.0932. The van der Waals surface area contributed by atoms with Crippen LogP contribution in [-0.2, 0) is 0 Å². The summed E-state index contributed by atoms with van der Waals surface area (Å²) in [5.74, 6) is 1.10. The van der Waals surface area contributed by atoms with Crippen molar-refractivity contribution < 1.29 is 4.79 Å². The van der Waals surface area contributed by atoms with Gasteiger partial charge in [0, 0.05) is 12.1 Å². The van der Waals surface area contributed by atoms with E-state index in [1.807, 2.05) is 54.6 Å². The Morgan fingerprint density at radius 1 is 0.971 bits per heavy atom. The third kappa shape index (κ3) is 6.74. The van der Waals surface area contributed by atoms with Gasteiger partial charge >= 0.3 is 0 Å². The maximum Gasteiger partial charge on any atom is 0.251 e. The van der Waals surface area contributed by atoms with Crippen LogP contribution < -0.4 is 11.1 Å². The average molecular weight is 488 g/mol. The topological polar surface area (TPSA) is 121 Å². The summed E-state index contributed by atoms with van der Waals surface area (Å²) in [6.45, 7) is 0.520. The molecule has 0 saturated heterocycles. The van der Waals surface area contributed by atoms with Crippen molar-refractivity contribution in [1.82, 2.24) is 15.3 Å². The number of H-pyrrole nitrogens is 1. The number of carbonyl (C=O) groups is 1. The van der Waals surface area contributed by atoms with E-state index < -0.39 is 0 Å². The van der Waals surface area contributed by atoms with Crippen LogP contribution >= 0.6 is 11.6 Å². The summed E-state index contributed by atoms with van der Waals surface area (Å²) in [5.41, 5.74) is 9.40. The van der Waals surface area contributed by atoms with Crippen LogP contribution in [0.4, 0.5) is 11.4 Å². The fraction of sp³-hybridized carbons (Fsp3) is 0.192. The molecule has 0 aliphatic carbocycles. The first-order chi connectivity index (χ1) is 17.1. The fourth-order valence-corrected chi connectivity index (χ4v) is 3.59. The van der Waals surface area contributed by atoms with Gasteiger partial charge in [-0.2, -0.15) is 10.2 Å². The molecule has 1 unspecified atom stereocenters. The molecule has 1 amide bonds. The maximum atomic E-state index is 13.0. The lowest BCUT2D eigenvalue weighted by Crippen LogP contribution is -2.29. The zero-order valence-electron chi connectivity index (χ0n) is 19.1. The Bertz CT molecular complexity index is 1280. The molecule has 9 heteroatoms. The minimum atomic E-state index is -0.320. The zero-order valence-corrected chi connectivity index (χ0v) is 19.8. The van der Waals surface area contributed by atoms with Gasteiger partial charge in [-0.05, 0) is 61.4 Å². The number of amidine groups is 1. The Morgan fingerprint density at radius 3 is 2.37 bits per heavy atom. The number of halogens is 1. The van der Waals surface area contributed by atoms with Gasteiger partial charge in [0.15, 0.2) is 0 Å². The monoisotopic (exact) mass is 487 g/mol. The van der Waals surface area contributed by atoms with Crippen molar-refractivity contribution in [3.05, 3.63) is 90.3 Å². The molecule has 1 atom stereocenters. The minimum Gasteiger partial charge on any atom is -0.386 e. The molecule has 4 aromatic rings. The molecule has 0 bridgehead atoms. The standard InChI is InChI=1S/C26H26ClN7O/c27-17-24(28)29-16-6-11-23(25-30-21-9-4-5-10-22(21)31-25)32-26(35)18-12-14-20(15-13-18)34-33-19-7-2-1-3-8-19/h1-5,7-10,12-15,23H,6,11,16-17H2,(H2,28,29)(H,30,31)(H,32,35). The molecule has 0 aliphatic heterocycles. The number of nitrogens with one attached hydrogen (secondary N) is 2. The number of imidazole rings is 1. The predicted molar refractivity (Wildman–Crippen MR) is 140 cm³/mol. The van der Waals surface area contributed by atoms with Crippen LogP contribution in [0.25, 0.3) is 11.0 Å². The molecule has 0 radical (unpaired) electrons. The molecule has 0 saturated carbocycles. The van der Waals surface area contributed by atoms with Crippen molar-refractivity contribution >= 4 is 45.8 Å². The Balaban J connectivity index is 1.46. The number of carbonyl (C=O) groups excluding carboxylic acids is 1. The van der Waals surface area contributed by atoms with Gasteiger partial charge in [-0.1, -0.05) is 30.3 Å². The van der Waals surface area contributed by atoms with Gasteiger partial charge in [0.25, 0.3) is 5.91 Å². The quantitative estimate of drug-likeness (QED) is 0.0857. The van der Waals surface area contributed by atoms with Gasteiger partial charge < -0.3 is 16.0 Å². The fourth-order valence-electron chi connectivity index (χ4n) is 3.51. The van der Waals surface area contributed by atoms with E-state index in [0.717, 1.165) is 16.7 Å². The van der Waals surface area contributed by atoms with Crippen molar-refractivity contribution in [2.45, 2.75) is 18.9 Å². The predicted octanol–water partition coefficient (Wildman–Crippen LogP) is 5.83. The van der Waals surface area contributed by atoms with Crippen molar-refractivity contribution in [3.63, 3.8) is 0 Å². The number of nitrogens with zero attached hydrogens (tertiary/aromatic N) is 4. The second-order valence-corrected chi connectivity index (χ2v) is 8.16. The number of para-hydroxylation sites is 2. The van der Waals surface area contributed by atoms with Gasteiger partial charge in [-0.3, -0.25) is 9.79 Å². The number of rotatable bonds is 10. The van der Waals surface area contributed by atoms with Crippen LogP contribution in [0.5, 0.6) is 0 Å². The van der Waals surface area contributed by atoms with Crippen LogP contribution in [0.1, 0.15) is 35.1 Å². The van der Waals surface area contributed by atoms with Gasteiger partial charge in [0.05, 0.1) is 34.3 Å². The Morgan fingerprint density at radius 2 is 1.66 bits per heavy atom. The number of aromatic nitrogens is 2. The smallest absolute Gasteiger partial charge is 0.251 e. The highest BCUT2D eigenvalue weighted by molar-refractivity contribution is 6.27. The Labute approximate surface area is 208 Å². The minimum absolute atomic E-state index is 0.199. The summed E-state index contributed by atoms with van der Waals surface area (Å²) in [5, 5.41) is 11.5. The van der Waals surface area contributed by atoms with Crippen molar-refractivity contribution in [1.29, 1.82) is 0 Å². The third-order valence-electron chi connectivity index (χ3n) is 5.31. The number of aliphatic imine (C=N–C) groups is 1. The van der Waals surface area contributed by atoms with Gasteiger partial charge in [0.1, 0.15) is 11.7 Å². The molecular formula is C26H26ClN7O. The normalized spacial score (nSPS) is 12.8. The highest BCUT2D eigenvalue weighted by Gasteiger charge is 2.19. The first-order valence-electron chi connectivity index (χ1n) is 11.3. The SMILES string of the molecule is NC(CCl)=NCCCC(NC(=O)c1ccc(N=Nc2ccccc2)cc1)c1nc2ccccc2[nH]1. The summed E-state index contributed by atoms with van der Waals surface area (Å²) >= 11 is 5.69. The summed E-state index contributed by atoms with van der Waals surface area (Å²) in [6.07, 6.45) is 1.34. The molecule has 0 aliphatic rings. The number of hydrogen-bond donors (Lipinski definition) is 3. The first kappa shape index (κ1) is 24.1. The molecule has 3 aromatic carbocycles. The number of hydrogen-bond acceptors (Lipinski definition) is 5. The number of azo groups is 1. The van der Waals surface area contributed by atoms with Crippen molar-refractivity contribution in [2.24, 2.45) is 21.0 Å². The summed E-state index contributed by atoms with van der Waals surface area (Å²) in [7, 11) is 0. The molecule has 1 heterocycles. The molecule has 8 nitrogen and oxygen atoms in total. The first-order valence-corrected chi connectivity index (χ1v) is 11.8. The second kappa shape index (κ2) is 11.9. The van der Waals surface area contributed by atoms with Gasteiger partial charge in [0.2, 0.25) is 0 Å². The van der Waals surface area contributed by atoms with Gasteiger partial charge in [-0.25, -0.2) is 4.98 Å². The van der Waals surface area contributed by atoms with Crippen LogP contribution in [0.15, 0.2) is 94.1 Å². The Hall–Kier alpha value is -4.04. The Kier molecular flexibility index (Phi) is 8.19. The van der Waals surface area contributed by atoms with E-state index in [9.17, 15) is 4.79 Å². The zero-order chi connectivity index (χ0) is 24.5. The third-order valence-corrected chi connectivity index (χ3v) is 5.59. The van der Waals surface area contributed by atoms with E-state index in [1.165, 1.54) is 0 Å². The second-order valence-electron chi connectivity index (χ2n) is 7.90. The van der Waals surface area contributed by atoms with Crippen LogP contribution in [-0.4, -0.2) is 34.1 Å². The molecule has 1 aromatic heterocycles.